The van der Waals surface area contributed by atoms with Crippen LogP contribution in [0.25, 0.3) is 0 Å². The number of hydrogen-bond donors (Lipinski definition) is 1. The zero-order valence-corrected chi connectivity index (χ0v) is 14.1. The van der Waals surface area contributed by atoms with Gasteiger partial charge in [0.15, 0.2) is 0 Å². The Labute approximate surface area is 134 Å². The fourth-order valence-electron chi connectivity index (χ4n) is 2.70. The molecular weight excluding hydrogens is 270 g/mol. The van der Waals surface area contributed by atoms with E-state index in [2.05, 4.69) is 69.4 Å². The highest BCUT2D eigenvalue weighted by Crippen LogP contribution is 2.18. The maximum absolute atomic E-state index is 5.88. The van der Waals surface area contributed by atoms with Crippen LogP contribution in [0.2, 0.25) is 0 Å². The Morgan fingerprint density at radius 2 is 1.73 bits per heavy atom. The summed E-state index contributed by atoms with van der Waals surface area (Å²) in [4.78, 5) is 1.55. The second-order valence-electron chi connectivity index (χ2n) is 6.19. The molecule has 2 rings (SSSR count). The SMILES string of the molecule is Cc1ccc(OCCCC[NH+](C)Cc2ccccc2)c(C)c1. The van der Waals surface area contributed by atoms with E-state index in [1.165, 1.54) is 29.7 Å². The van der Waals surface area contributed by atoms with E-state index in [1.807, 2.05) is 0 Å². The minimum absolute atomic E-state index is 0.808. The Morgan fingerprint density at radius 1 is 0.955 bits per heavy atom. The van der Waals surface area contributed by atoms with Crippen molar-refractivity contribution >= 4 is 0 Å². The minimum Gasteiger partial charge on any atom is -0.493 e. The van der Waals surface area contributed by atoms with Crippen LogP contribution in [0.5, 0.6) is 5.75 Å². The molecule has 2 nitrogen and oxygen atoms in total. The van der Waals surface area contributed by atoms with E-state index in [1.54, 1.807) is 4.90 Å². The zero-order chi connectivity index (χ0) is 15.8. The summed E-state index contributed by atoms with van der Waals surface area (Å²) in [5.41, 5.74) is 3.93. The summed E-state index contributed by atoms with van der Waals surface area (Å²) in [6.07, 6.45) is 2.31. The lowest BCUT2D eigenvalue weighted by Crippen LogP contribution is -3.07. The first-order valence-corrected chi connectivity index (χ1v) is 8.20. The van der Waals surface area contributed by atoms with Crippen molar-refractivity contribution in [3.63, 3.8) is 0 Å². The third-order valence-electron chi connectivity index (χ3n) is 3.93. The number of ether oxygens (including phenoxy) is 1. The van der Waals surface area contributed by atoms with Crippen LogP contribution in [-0.4, -0.2) is 20.2 Å². The molecule has 118 valence electrons. The summed E-state index contributed by atoms with van der Waals surface area (Å²) in [5.74, 6) is 1.02. The van der Waals surface area contributed by atoms with Crippen molar-refractivity contribution < 1.29 is 9.64 Å². The first-order chi connectivity index (χ1) is 10.6. The van der Waals surface area contributed by atoms with Crippen molar-refractivity contribution in [2.75, 3.05) is 20.2 Å². The second-order valence-corrected chi connectivity index (χ2v) is 6.19. The van der Waals surface area contributed by atoms with Gasteiger partial charge in [0.2, 0.25) is 0 Å². The molecule has 0 saturated heterocycles. The molecule has 0 bridgehead atoms. The average Bonchev–Trinajstić information content (AvgIpc) is 2.50. The van der Waals surface area contributed by atoms with Gasteiger partial charge >= 0.3 is 0 Å². The van der Waals surface area contributed by atoms with Crippen LogP contribution in [0.3, 0.4) is 0 Å². The highest BCUT2D eigenvalue weighted by molar-refractivity contribution is 5.35. The number of quaternary nitrogens is 1. The van der Waals surface area contributed by atoms with Gasteiger partial charge in [-0.3, -0.25) is 0 Å². The molecule has 0 fully saturated rings. The third kappa shape index (κ3) is 5.53. The van der Waals surface area contributed by atoms with Crippen LogP contribution in [0.1, 0.15) is 29.5 Å². The van der Waals surface area contributed by atoms with Crippen LogP contribution < -0.4 is 9.64 Å². The molecule has 1 atom stereocenters. The van der Waals surface area contributed by atoms with Crippen LogP contribution in [-0.2, 0) is 6.54 Å². The molecule has 2 aromatic carbocycles. The number of unbranched alkanes of at least 4 members (excludes halogenated alkanes) is 1. The van der Waals surface area contributed by atoms with Crippen LogP contribution in [0.4, 0.5) is 0 Å². The van der Waals surface area contributed by atoms with Crippen molar-refractivity contribution in [1.82, 2.24) is 0 Å². The molecule has 22 heavy (non-hydrogen) atoms. The minimum atomic E-state index is 0.808. The van der Waals surface area contributed by atoms with Gasteiger partial charge < -0.3 is 9.64 Å². The van der Waals surface area contributed by atoms with E-state index in [4.69, 9.17) is 4.74 Å². The predicted molar refractivity (Wildman–Crippen MR) is 92.5 cm³/mol. The Morgan fingerprint density at radius 3 is 2.45 bits per heavy atom. The molecule has 0 aromatic heterocycles. The van der Waals surface area contributed by atoms with Crippen molar-refractivity contribution in [3.8, 4) is 5.75 Å². The molecule has 0 saturated carbocycles. The maximum atomic E-state index is 5.88. The highest BCUT2D eigenvalue weighted by Gasteiger charge is 2.04. The van der Waals surface area contributed by atoms with Gasteiger partial charge in [-0.05, 0) is 38.3 Å². The van der Waals surface area contributed by atoms with E-state index in [9.17, 15) is 0 Å². The fourth-order valence-corrected chi connectivity index (χ4v) is 2.70. The molecule has 2 aromatic rings. The van der Waals surface area contributed by atoms with Crippen LogP contribution in [0, 0.1) is 13.8 Å². The van der Waals surface area contributed by atoms with Gasteiger partial charge in [-0.25, -0.2) is 0 Å². The van der Waals surface area contributed by atoms with E-state index in [0.29, 0.717) is 0 Å². The average molecular weight is 298 g/mol. The van der Waals surface area contributed by atoms with Gasteiger partial charge in [0.05, 0.1) is 20.2 Å². The van der Waals surface area contributed by atoms with Gasteiger partial charge in [0.25, 0.3) is 0 Å². The number of aryl methyl sites for hydroxylation is 2. The van der Waals surface area contributed by atoms with Crippen molar-refractivity contribution in [2.24, 2.45) is 0 Å². The smallest absolute Gasteiger partial charge is 0.122 e. The summed E-state index contributed by atoms with van der Waals surface area (Å²) in [7, 11) is 2.26. The Hall–Kier alpha value is -1.80. The molecule has 0 heterocycles. The molecule has 0 aliphatic rings. The number of hydrogen-bond acceptors (Lipinski definition) is 1. The van der Waals surface area contributed by atoms with E-state index < -0.39 is 0 Å². The summed E-state index contributed by atoms with van der Waals surface area (Å²) >= 11 is 0. The first kappa shape index (κ1) is 16.6. The Balaban J connectivity index is 1.63. The second kappa shape index (κ2) is 8.60. The number of benzene rings is 2. The van der Waals surface area contributed by atoms with E-state index >= 15 is 0 Å². The molecule has 1 unspecified atom stereocenters. The molecule has 1 N–H and O–H groups in total. The molecule has 0 amide bonds. The summed E-state index contributed by atoms with van der Waals surface area (Å²) < 4.78 is 5.88. The predicted octanol–water partition coefficient (Wildman–Crippen LogP) is 3.18. The maximum Gasteiger partial charge on any atom is 0.122 e. The Kier molecular flexibility index (Phi) is 6.47. The summed E-state index contributed by atoms with van der Waals surface area (Å²) in [6, 6.07) is 17.1. The fraction of sp³-hybridized carbons (Fsp3) is 0.400. The molecule has 0 radical (unpaired) electrons. The van der Waals surface area contributed by atoms with Crippen molar-refractivity contribution in [2.45, 2.75) is 33.2 Å². The summed E-state index contributed by atoms with van der Waals surface area (Å²) in [5, 5.41) is 0. The first-order valence-electron chi connectivity index (χ1n) is 8.20. The van der Waals surface area contributed by atoms with Crippen LogP contribution >= 0.6 is 0 Å². The highest BCUT2D eigenvalue weighted by atomic mass is 16.5. The molecule has 2 heteroatoms. The van der Waals surface area contributed by atoms with Gasteiger partial charge in [0, 0.05) is 5.56 Å². The third-order valence-corrected chi connectivity index (χ3v) is 3.93. The molecule has 0 aliphatic carbocycles. The summed E-state index contributed by atoms with van der Waals surface area (Å²) in [6.45, 7) is 7.31. The molecule has 0 aliphatic heterocycles. The van der Waals surface area contributed by atoms with E-state index in [-0.39, 0.29) is 0 Å². The lowest BCUT2D eigenvalue weighted by molar-refractivity contribution is -0.894. The molecular formula is C20H28NO+. The zero-order valence-electron chi connectivity index (χ0n) is 14.1. The van der Waals surface area contributed by atoms with Crippen LogP contribution in [0.15, 0.2) is 48.5 Å². The van der Waals surface area contributed by atoms with Crippen molar-refractivity contribution in [3.05, 3.63) is 65.2 Å². The Bertz CT molecular complexity index is 565. The standard InChI is InChI=1S/C20H27NO/c1-17-11-12-20(18(2)15-17)22-14-8-7-13-21(3)16-19-9-5-4-6-10-19/h4-6,9-12,15H,7-8,13-14,16H2,1-3H3/p+1. The van der Waals surface area contributed by atoms with Gasteiger partial charge in [0.1, 0.15) is 12.3 Å². The lowest BCUT2D eigenvalue weighted by atomic mass is 10.1. The lowest BCUT2D eigenvalue weighted by Gasteiger charge is -2.14. The van der Waals surface area contributed by atoms with Crippen molar-refractivity contribution in [1.29, 1.82) is 0 Å². The van der Waals surface area contributed by atoms with Gasteiger partial charge in [-0.1, -0.05) is 48.0 Å². The quantitative estimate of drug-likeness (QED) is 0.739. The number of rotatable bonds is 8. The molecule has 0 spiro atoms. The monoisotopic (exact) mass is 298 g/mol. The van der Waals surface area contributed by atoms with Gasteiger partial charge in [-0.15, -0.1) is 0 Å². The topological polar surface area (TPSA) is 13.7 Å². The van der Waals surface area contributed by atoms with Gasteiger partial charge in [-0.2, -0.15) is 0 Å². The number of nitrogens with one attached hydrogen (secondary N) is 1. The largest absolute Gasteiger partial charge is 0.493 e. The van der Waals surface area contributed by atoms with E-state index in [0.717, 1.165) is 25.3 Å². The normalized spacial score (nSPS) is 12.1.